The zero-order valence-corrected chi connectivity index (χ0v) is 13.5. The molecule has 3 heterocycles. The van der Waals surface area contributed by atoms with Crippen LogP contribution >= 0.6 is 0 Å². The number of hydrogen-bond donors (Lipinski definition) is 1. The molecule has 12 nitrogen and oxygen atoms in total. The van der Waals surface area contributed by atoms with Crippen LogP contribution in [0.1, 0.15) is 6.92 Å². The number of ether oxygens (including phenoxy) is 1. The van der Waals surface area contributed by atoms with Crippen molar-refractivity contribution in [3.63, 3.8) is 0 Å². The minimum Gasteiger partial charge on any atom is -0.465 e. The lowest BCUT2D eigenvalue weighted by molar-refractivity contribution is -0.144. The largest absolute Gasteiger partial charge is 0.465 e. The van der Waals surface area contributed by atoms with Gasteiger partial charge in [-0.2, -0.15) is 0 Å². The molecule has 0 bridgehead atoms. The number of aromatic nitrogens is 5. The summed E-state index contributed by atoms with van der Waals surface area (Å²) >= 11 is 0. The van der Waals surface area contributed by atoms with Gasteiger partial charge in [0.1, 0.15) is 6.54 Å². The molecule has 1 saturated heterocycles. The third-order valence-electron chi connectivity index (χ3n) is 3.71. The van der Waals surface area contributed by atoms with E-state index in [1.54, 1.807) is 13.0 Å². The summed E-state index contributed by atoms with van der Waals surface area (Å²) in [6, 6.07) is 1.66. The van der Waals surface area contributed by atoms with E-state index < -0.39 is 12.1 Å². The normalized spacial score (nSPS) is 14.6. The number of rotatable bonds is 5. The Bertz CT molecular complexity index is 750. The molecule has 134 valence electrons. The average molecular weight is 351 g/mol. The molecule has 1 aliphatic heterocycles. The summed E-state index contributed by atoms with van der Waals surface area (Å²) in [4.78, 5) is 25.8. The van der Waals surface area contributed by atoms with Gasteiger partial charge in [-0.05, 0) is 17.4 Å². The van der Waals surface area contributed by atoms with Crippen LogP contribution in [0.5, 0.6) is 0 Å². The first-order chi connectivity index (χ1) is 12.1. The second kappa shape index (κ2) is 7.15. The van der Waals surface area contributed by atoms with Crippen molar-refractivity contribution < 1.29 is 24.0 Å². The predicted molar refractivity (Wildman–Crippen MR) is 81.8 cm³/mol. The smallest absolute Gasteiger partial charge is 0.407 e. The molecule has 2 aromatic heterocycles. The van der Waals surface area contributed by atoms with E-state index in [0.29, 0.717) is 37.8 Å². The van der Waals surface area contributed by atoms with Gasteiger partial charge in [0.2, 0.25) is 11.6 Å². The van der Waals surface area contributed by atoms with Crippen LogP contribution in [0.25, 0.3) is 11.6 Å². The molecule has 0 aliphatic carbocycles. The van der Waals surface area contributed by atoms with Crippen LogP contribution in [0.4, 0.5) is 10.6 Å². The van der Waals surface area contributed by atoms with Crippen LogP contribution in [-0.2, 0) is 16.1 Å². The molecule has 1 amide bonds. The fraction of sp³-hybridized carbons (Fsp3) is 0.538. The standard InChI is InChI=1S/C13H17N7O5/c1-2-24-11(21)8-20-12(14-16-17-20)9-7-10(15-25-9)18-3-5-19(6-4-18)13(22)23/h7H,2-6,8H2,1H3,(H,22,23). The summed E-state index contributed by atoms with van der Waals surface area (Å²) in [6.07, 6.45) is -0.932. The van der Waals surface area contributed by atoms with Crippen molar-refractivity contribution in [3.05, 3.63) is 6.07 Å². The van der Waals surface area contributed by atoms with E-state index >= 15 is 0 Å². The first kappa shape index (κ1) is 16.7. The summed E-state index contributed by atoms with van der Waals surface area (Å²) in [5, 5.41) is 24.1. The lowest BCUT2D eigenvalue weighted by Crippen LogP contribution is -2.48. The van der Waals surface area contributed by atoms with E-state index in [1.807, 2.05) is 4.90 Å². The Labute approximate surface area is 141 Å². The van der Waals surface area contributed by atoms with Crippen molar-refractivity contribution >= 4 is 17.9 Å². The monoisotopic (exact) mass is 351 g/mol. The molecule has 1 N–H and O–H groups in total. The third kappa shape index (κ3) is 3.67. The fourth-order valence-corrected chi connectivity index (χ4v) is 2.46. The molecule has 3 rings (SSSR count). The van der Waals surface area contributed by atoms with Crippen LogP contribution in [0.15, 0.2) is 10.6 Å². The molecule has 0 saturated carbocycles. The molecular formula is C13H17N7O5. The lowest BCUT2D eigenvalue weighted by Gasteiger charge is -2.32. The highest BCUT2D eigenvalue weighted by atomic mass is 16.5. The van der Waals surface area contributed by atoms with Gasteiger partial charge in [0.15, 0.2) is 5.82 Å². The Hall–Kier alpha value is -3.18. The number of piperazine rings is 1. The van der Waals surface area contributed by atoms with Gasteiger partial charge < -0.3 is 24.2 Å². The van der Waals surface area contributed by atoms with Crippen molar-refractivity contribution in [1.82, 2.24) is 30.3 Å². The fourth-order valence-electron chi connectivity index (χ4n) is 2.46. The first-order valence-electron chi connectivity index (χ1n) is 7.70. The lowest BCUT2D eigenvalue weighted by atomic mass is 10.3. The van der Waals surface area contributed by atoms with Crippen LogP contribution in [-0.4, -0.2) is 80.2 Å². The second-order valence-corrected chi connectivity index (χ2v) is 5.27. The Morgan fingerprint density at radius 1 is 1.32 bits per heavy atom. The zero-order chi connectivity index (χ0) is 17.8. The summed E-state index contributed by atoms with van der Waals surface area (Å²) in [6.45, 7) is 3.63. The molecule has 25 heavy (non-hydrogen) atoms. The summed E-state index contributed by atoms with van der Waals surface area (Å²) < 4.78 is 11.4. The predicted octanol–water partition coefficient (Wildman–Crippen LogP) is -0.309. The minimum absolute atomic E-state index is 0.135. The van der Waals surface area contributed by atoms with Gasteiger partial charge in [-0.15, -0.1) is 5.10 Å². The maximum Gasteiger partial charge on any atom is 0.407 e. The number of carbonyl (C=O) groups excluding carboxylic acids is 1. The Kier molecular flexibility index (Phi) is 4.77. The quantitative estimate of drug-likeness (QED) is 0.713. The molecule has 0 aromatic carbocycles. The number of amides is 1. The van der Waals surface area contributed by atoms with Gasteiger partial charge in [0.05, 0.1) is 6.61 Å². The van der Waals surface area contributed by atoms with Gasteiger partial charge in [-0.1, -0.05) is 5.16 Å². The average Bonchev–Trinajstić information content (AvgIpc) is 3.24. The van der Waals surface area contributed by atoms with Crippen molar-refractivity contribution in [1.29, 1.82) is 0 Å². The van der Waals surface area contributed by atoms with Crippen LogP contribution in [0.3, 0.4) is 0 Å². The first-order valence-corrected chi connectivity index (χ1v) is 7.70. The zero-order valence-electron chi connectivity index (χ0n) is 13.5. The number of anilines is 1. The van der Waals surface area contributed by atoms with E-state index in [2.05, 4.69) is 20.7 Å². The molecule has 12 heteroatoms. The SMILES string of the molecule is CCOC(=O)Cn1nnnc1-c1cc(N2CCN(C(=O)O)CC2)no1. The Morgan fingerprint density at radius 3 is 2.76 bits per heavy atom. The number of nitrogens with zero attached hydrogens (tertiary/aromatic N) is 7. The highest BCUT2D eigenvalue weighted by Crippen LogP contribution is 2.23. The van der Waals surface area contributed by atoms with Crippen LogP contribution in [0, 0.1) is 0 Å². The van der Waals surface area contributed by atoms with Crippen molar-refractivity contribution in [3.8, 4) is 11.6 Å². The molecule has 1 aliphatic rings. The van der Waals surface area contributed by atoms with E-state index in [0.717, 1.165) is 0 Å². The Morgan fingerprint density at radius 2 is 2.08 bits per heavy atom. The highest BCUT2D eigenvalue weighted by Gasteiger charge is 2.24. The van der Waals surface area contributed by atoms with Gasteiger partial charge in [-0.3, -0.25) is 4.79 Å². The summed E-state index contributed by atoms with van der Waals surface area (Å²) in [5.41, 5.74) is 0. The summed E-state index contributed by atoms with van der Waals surface area (Å²) in [7, 11) is 0. The van der Waals surface area contributed by atoms with Gasteiger partial charge >= 0.3 is 12.1 Å². The number of carboxylic acid groups (broad SMARTS) is 1. The van der Waals surface area contributed by atoms with Crippen molar-refractivity contribution in [2.45, 2.75) is 13.5 Å². The van der Waals surface area contributed by atoms with Crippen molar-refractivity contribution in [2.75, 3.05) is 37.7 Å². The number of esters is 1. The number of hydrogen-bond acceptors (Lipinski definition) is 9. The topological polar surface area (TPSA) is 140 Å². The molecule has 0 atom stereocenters. The third-order valence-corrected chi connectivity index (χ3v) is 3.71. The van der Waals surface area contributed by atoms with E-state index in [-0.39, 0.29) is 19.0 Å². The van der Waals surface area contributed by atoms with E-state index in [4.69, 9.17) is 14.4 Å². The van der Waals surface area contributed by atoms with Crippen LogP contribution in [0.2, 0.25) is 0 Å². The van der Waals surface area contributed by atoms with E-state index in [9.17, 15) is 9.59 Å². The highest BCUT2D eigenvalue weighted by molar-refractivity contribution is 5.70. The molecule has 1 fully saturated rings. The molecule has 0 radical (unpaired) electrons. The van der Waals surface area contributed by atoms with E-state index in [1.165, 1.54) is 9.58 Å². The summed E-state index contributed by atoms with van der Waals surface area (Å²) in [5.74, 6) is 0.673. The molecular weight excluding hydrogens is 334 g/mol. The van der Waals surface area contributed by atoms with Gasteiger partial charge in [0.25, 0.3) is 0 Å². The van der Waals surface area contributed by atoms with Gasteiger partial charge in [0, 0.05) is 32.2 Å². The number of tetrazole rings is 1. The molecule has 0 spiro atoms. The van der Waals surface area contributed by atoms with Crippen LogP contribution < -0.4 is 4.90 Å². The number of carbonyl (C=O) groups is 2. The maximum absolute atomic E-state index is 11.6. The maximum atomic E-state index is 11.6. The Balaban J connectivity index is 1.69. The van der Waals surface area contributed by atoms with Crippen molar-refractivity contribution in [2.24, 2.45) is 0 Å². The minimum atomic E-state index is -0.932. The molecule has 0 unspecified atom stereocenters. The van der Waals surface area contributed by atoms with Gasteiger partial charge in [-0.25, -0.2) is 9.48 Å². The molecule has 2 aromatic rings. The second-order valence-electron chi connectivity index (χ2n) is 5.27.